The van der Waals surface area contributed by atoms with Crippen molar-refractivity contribution in [1.29, 1.82) is 0 Å². The molecule has 0 aliphatic heterocycles. The predicted molar refractivity (Wildman–Crippen MR) is 66.8 cm³/mol. The Morgan fingerprint density at radius 3 is 3.06 bits per heavy atom. The number of aryl methyl sites for hydroxylation is 1. The molecule has 0 saturated heterocycles. The van der Waals surface area contributed by atoms with Crippen molar-refractivity contribution >= 4 is 34.2 Å². The molecular formula is C9H7ClN6OS. The minimum atomic E-state index is -0.169. The quantitative estimate of drug-likeness (QED) is 0.691. The summed E-state index contributed by atoms with van der Waals surface area (Å²) in [5, 5.41) is 8.34. The average molecular weight is 283 g/mol. The van der Waals surface area contributed by atoms with Gasteiger partial charge in [0.15, 0.2) is 5.65 Å². The molecule has 0 bridgehead atoms. The molecule has 0 N–H and O–H groups in total. The summed E-state index contributed by atoms with van der Waals surface area (Å²) >= 11 is 6.99. The topological polar surface area (TPSA) is 78.5 Å². The predicted octanol–water partition coefficient (Wildman–Crippen LogP) is 0.683. The molecule has 3 aromatic heterocycles. The molecule has 9 heteroatoms. The molecule has 0 spiro atoms. The Labute approximate surface area is 110 Å². The lowest BCUT2D eigenvalue weighted by Crippen LogP contribution is -2.21. The fourth-order valence-corrected chi connectivity index (χ4v) is 2.24. The Bertz CT molecular complexity index is 775. The van der Waals surface area contributed by atoms with Crippen molar-refractivity contribution < 1.29 is 0 Å². The standard InChI is InChI=1S/C9H7ClN6OS/c1-15-8-5(2-12-15)9(17)16(4-11-8)3-6-7(10)18-14-13-6/h2,4H,3H2,1H3. The number of halogens is 1. The Morgan fingerprint density at radius 2 is 2.33 bits per heavy atom. The van der Waals surface area contributed by atoms with Crippen LogP contribution in [-0.2, 0) is 13.6 Å². The van der Waals surface area contributed by atoms with Crippen LogP contribution in [0, 0.1) is 0 Å². The second kappa shape index (κ2) is 4.14. The van der Waals surface area contributed by atoms with Gasteiger partial charge in [-0.25, -0.2) is 4.98 Å². The first-order chi connectivity index (χ1) is 8.66. The summed E-state index contributed by atoms with van der Waals surface area (Å²) in [6.45, 7) is 0.256. The highest BCUT2D eigenvalue weighted by atomic mass is 35.5. The second-order valence-corrected chi connectivity index (χ2v) is 5.03. The van der Waals surface area contributed by atoms with Crippen molar-refractivity contribution in [2.75, 3.05) is 0 Å². The van der Waals surface area contributed by atoms with Gasteiger partial charge in [-0.2, -0.15) is 5.10 Å². The molecule has 0 aliphatic carbocycles. The zero-order valence-corrected chi connectivity index (χ0v) is 10.8. The average Bonchev–Trinajstić information content (AvgIpc) is 2.91. The molecular weight excluding hydrogens is 276 g/mol. The van der Waals surface area contributed by atoms with Crippen LogP contribution >= 0.6 is 23.1 Å². The first-order valence-corrected chi connectivity index (χ1v) is 6.16. The number of hydrogen-bond donors (Lipinski definition) is 0. The van der Waals surface area contributed by atoms with E-state index in [0.29, 0.717) is 21.1 Å². The van der Waals surface area contributed by atoms with Crippen molar-refractivity contribution in [3.63, 3.8) is 0 Å². The van der Waals surface area contributed by atoms with Gasteiger partial charge in [0.25, 0.3) is 5.56 Å². The van der Waals surface area contributed by atoms with Gasteiger partial charge >= 0.3 is 0 Å². The Hall–Kier alpha value is -1.80. The van der Waals surface area contributed by atoms with Gasteiger partial charge in [-0.3, -0.25) is 14.0 Å². The minimum absolute atomic E-state index is 0.169. The van der Waals surface area contributed by atoms with Crippen molar-refractivity contribution in [3.05, 3.63) is 32.9 Å². The fraction of sp³-hybridized carbons (Fsp3) is 0.222. The van der Waals surface area contributed by atoms with Crippen molar-refractivity contribution in [2.24, 2.45) is 7.05 Å². The molecule has 0 aliphatic rings. The molecule has 0 radical (unpaired) electrons. The molecule has 0 aromatic carbocycles. The van der Waals surface area contributed by atoms with E-state index in [0.717, 1.165) is 11.5 Å². The molecule has 18 heavy (non-hydrogen) atoms. The Morgan fingerprint density at radius 1 is 1.50 bits per heavy atom. The summed E-state index contributed by atoms with van der Waals surface area (Å²) in [6, 6.07) is 0. The molecule has 3 aromatic rings. The van der Waals surface area contributed by atoms with Gasteiger partial charge in [-0.1, -0.05) is 16.1 Å². The summed E-state index contributed by atoms with van der Waals surface area (Å²) in [6.07, 6.45) is 2.96. The summed E-state index contributed by atoms with van der Waals surface area (Å²) < 4.78 is 7.19. The summed E-state index contributed by atoms with van der Waals surface area (Å²) in [5.74, 6) is 0. The lowest BCUT2D eigenvalue weighted by molar-refractivity contribution is 0.719. The molecule has 0 saturated carbocycles. The summed E-state index contributed by atoms with van der Waals surface area (Å²) in [5.41, 5.74) is 0.949. The zero-order chi connectivity index (χ0) is 12.7. The van der Waals surface area contributed by atoms with E-state index in [9.17, 15) is 4.79 Å². The van der Waals surface area contributed by atoms with Crippen LogP contribution < -0.4 is 5.56 Å². The highest BCUT2D eigenvalue weighted by Crippen LogP contribution is 2.17. The maximum absolute atomic E-state index is 12.2. The van der Waals surface area contributed by atoms with E-state index >= 15 is 0 Å². The minimum Gasteiger partial charge on any atom is -0.292 e. The van der Waals surface area contributed by atoms with Crippen LogP contribution in [0.1, 0.15) is 5.69 Å². The molecule has 0 atom stereocenters. The van der Waals surface area contributed by atoms with E-state index in [-0.39, 0.29) is 12.1 Å². The number of rotatable bonds is 2. The maximum Gasteiger partial charge on any atom is 0.264 e. The Balaban J connectivity index is 2.11. The van der Waals surface area contributed by atoms with Crippen LogP contribution in [0.25, 0.3) is 11.0 Å². The van der Waals surface area contributed by atoms with Gasteiger partial charge in [0.1, 0.15) is 21.7 Å². The zero-order valence-electron chi connectivity index (χ0n) is 9.24. The summed E-state index contributed by atoms with van der Waals surface area (Å²) in [7, 11) is 1.74. The Kier molecular flexibility index (Phi) is 2.60. The number of aromatic nitrogens is 6. The largest absolute Gasteiger partial charge is 0.292 e. The van der Waals surface area contributed by atoms with Crippen LogP contribution in [0.5, 0.6) is 0 Å². The number of fused-ring (bicyclic) bond motifs is 1. The molecule has 0 amide bonds. The first kappa shape index (κ1) is 11.3. The van der Waals surface area contributed by atoms with E-state index in [1.165, 1.54) is 17.1 Å². The van der Waals surface area contributed by atoms with Gasteiger partial charge in [0.2, 0.25) is 0 Å². The van der Waals surface area contributed by atoms with Crippen molar-refractivity contribution in [2.45, 2.75) is 6.54 Å². The maximum atomic E-state index is 12.2. The van der Waals surface area contributed by atoms with Gasteiger partial charge in [0, 0.05) is 18.6 Å². The molecule has 7 nitrogen and oxygen atoms in total. The van der Waals surface area contributed by atoms with Crippen LogP contribution in [-0.4, -0.2) is 28.9 Å². The summed E-state index contributed by atoms with van der Waals surface area (Å²) in [4.78, 5) is 16.3. The van der Waals surface area contributed by atoms with Gasteiger partial charge in [-0.05, 0) is 0 Å². The number of hydrogen-bond acceptors (Lipinski definition) is 6. The van der Waals surface area contributed by atoms with Gasteiger partial charge < -0.3 is 0 Å². The monoisotopic (exact) mass is 282 g/mol. The third-order valence-corrected chi connectivity index (χ3v) is 3.53. The second-order valence-electron chi connectivity index (χ2n) is 3.68. The molecule has 0 fully saturated rings. The van der Waals surface area contributed by atoms with Crippen LogP contribution in [0.3, 0.4) is 0 Å². The molecule has 3 heterocycles. The lowest BCUT2D eigenvalue weighted by atomic mass is 10.4. The third kappa shape index (κ3) is 1.70. The van der Waals surface area contributed by atoms with Gasteiger partial charge in [-0.15, -0.1) is 5.10 Å². The number of nitrogens with zero attached hydrogens (tertiary/aromatic N) is 6. The third-order valence-electron chi connectivity index (χ3n) is 2.55. The first-order valence-electron chi connectivity index (χ1n) is 5.00. The van der Waals surface area contributed by atoms with Crippen LogP contribution in [0.4, 0.5) is 0 Å². The molecule has 0 unspecified atom stereocenters. The van der Waals surface area contributed by atoms with Crippen LogP contribution in [0.15, 0.2) is 17.3 Å². The van der Waals surface area contributed by atoms with E-state index in [1.54, 1.807) is 11.7 Å². The van der Waals surface area contributed by atoms with E-state index in [4.69, 9.17) is 11.6 Å². The normalized spacial score (nSPS) is 11.2. The highest BCUT2D eigenvalue weighted by molar-refractivity contribution is 7.10. The smallest absolute Gasteiger partial charge is 0.264 e. The van der Waals surface area contributed by atoms with Crippen LogP contribution in [0.2, 0.25) is 4.34 Å². The van der Waals surface area contributed by atoms with Crippen molar-refractivity contribution in [1.82, 2.24) is 28.9 Å². The lowest BCUT2D eigenvalue weighted by Gasteiger charge is -2.02. The molecule has 3 rings (SSSR count). The van der Waals surface area contributed by atoms with E-state index in [2.05, 4.69) is 19.7 Å². The van der Waals surface area contributed by atoms with E-state index in [1.807, 2.05) is 0 Å². The highest BCUT2D eigenvalue weighted by Gasteiger charge is 2.11. The molecule has 92 valence electrons. The van der Waals surface area contributed by atoms with E-state index < -0.39 is 0 Å². The van der Waals surface area contributed by atoms with Crippen molar-refractivity contribution in [3.8, 4) is 0 Å². The van der Waals surface area contributed by atoms with Gasteiger partial charge in [0.05, 0.1) is 12.7 Å². The fourth-order valence-electron chi connectivity index (χ4n) is 1.63. The SMILES string of the molecule is Cn1ncc2c(=O)n(Cc3nnsc3Cl)cnc21.